The molecule has 2 aliphatic rings. The fourth-order valence-corrected chi connectivity index (χ4v) is 3.53. The van der Waals surface area contributed by atoms with Crippen molar-refractivity contribution >= 4 is 23.2 Å². The van der Waals surface area contributed by atoms with Gasteiger partial charge >= 0.3 is 0 Å². The van der Waals surface area contributed by atoms with E-state index in [4.69, 9.17) is 21.7 Å². The van der Waals surface area contributed by atoms with Crippen LogP contribution in [0.4, 0.5) is 4.39 Å². The molecule has 1 amide bonds. The Labute approximate surface area is 167 Å². The van der Waals surface area contributed by atoms with Gasteiger partial charge < -0.3 is 15.0 Å². The van der Waals surface area contributed by atoms with E-state index in [2.05, 4.69) is 9.97 Å². The first-order valence-corrected chi connectivity index (χ1v) is 9.65. The van der Waals surface area contributed by atoms with Crippen LogP contribution < -0.4 is 4.74 Å². The van der Waals surface area contributed by atoms with Gasteiger partial charge in [0.25, 0.3) is 5.91 Å². The fourth-order valence-electron chi connectivity index (χ4n) is 3.44. The number of aromatic nitrogens is 2. The summed E-state index contributed by atoms with van der Waals surface area (Å²) in [5, 5.41) is 8.66. The van der Waals surface area contributed by atoms with Crippen molar-refractivity contribution in [3.05, 3.63) is 52.8 Å². The summed E-state index contributed by atoms with van der Waals surface area (Å²) >= 11 is 5.82. The summed E-state index contributed by atoms with van der Waals surface area (Å²) in [5.41, 5.74) is 0.668. The summed E-state index contributed by atoms with van der Waals surface area (Å²) in [6, 6.07) is 3.96. The second-order valence-corrected chi connectivity index (χ2v) is 7.71. The first-order chi connectivity index (χ1) is 13.5. The molecule has 2 heterocycles. The molecule has 1 saturated carbocycles. The Balaban J connectivity index is 1.51. The molecule has 0 spiro atoms. The van der Waals surface area contributed by atoms with E-state index in [-0.39, 0.29) is 24.1 Å². The molecule has 0 radical (unpaired) electrons. The number of nitrogens with zero attached hydrogens (tertiary/aromatic N) is 3. The van der Waals surface area contributed by atoms with Gasteiger partial charge in [-0.2, -0.15) is 0 Å². The second-order valence-electron chi connectivity index (χ2n) is 7.27. The number of hydrogen-bond donors (Lipinski definition) is 1. The van der Waals surface area contributed by atoms with Crippen LogP contribution >= 0.6 is 11.6 Å². The number of carbonyl (C=O) groups excluding carboxylic acids is 1. The molecule has 6 nitrogen and oxygen atoms in total. The smallest absolute Gasteiger partial charge is 0.257 e. The van der Waals surface area contributed by atoms with Crippen LogP contribution in [0, 0.1) is 17.1 Å². The second kappa shape index (κ2) is 7.83. The Morgan fingerprint density at radius 3 is 2.75 bits per heavy atom. The highest BCUT2D eigenvalue weighted by molar-refractivity contribution is 6.30. The summed E-state index contributed by atoms with van der Waals surface area (Å²) in [6.45, 7) is 0.953. The van der Waals surface area contributed by atoms with Crippen molar-refractivity contribution in [1.82, 2.24) is 14.9 Å². The molecule has 1 atom stereocenters. The highest BCUT2D eigenvalue weighted by Crippen LogP contribution is 2.30. The van der Waals surface area contributed by atoms with Crippen LogP contribution in [-0.4, -0.2) is 46.2 Å². The minimum absolute atomic E-state index is 0.176. The summed E-state index contributed by atoms with van der Waals surface area (Å²) in [6.07, 6.45) is 6.35. The zero-order valence-corrected chi connectivity index (χ0v) is 16.0. The first-order valence-electron chi connectivity index (χ1n) is 9.27. The lowest BCUT2D eigenvalue weighted by Gasteiger charge is -2.26. The molecule has 28 heavy (non-hydrogen) atoms. The van der Waals surface area contributed by atoms with E-state index in [0.717, 1.165) is 12.8 Å². The average molecular weight is 403 g/mol. The van der Waals surface area contributed by atoms with Crippen molar-refractivity contribution in [1.29, 1.82) is 5.41 Å². The van der Waals surface area contributed by atoms with Gasteiger partial charge in [-0.25, -0.2) is 14.4 Å². The Hall–Kier alpha value is -2.54. The Kier molecular flexibility index (Phi) is 5.26. The van der Waals surface area contributed by atoms with Crippen molar-refractivity contribution in [3.63, 3.8) is 0 Å². The number of amides is 1. The molecule has 2 fully saturated rings. The van der Waals surface area contributed by atoms with Crippen LogP contribution in [-0.2, 0) is 0 Å². The van der Waals surface area contributed by atoms with Crippen LogP contribution in [0.5, 0.6) is 5.75 Å². The van der Waals surface area contributed by atoms with Crippen molar-refractivity contribution in [3.8, 4) is 5.75 Å². The van der Waals surface area contributed by atoms with Gasteiger partial charge in [0.05, 0.1) is 29.7 Å². The molecular formula is C20H20ClFN4O2. The van der Waals surface area contributed by atoms with Crippen LogP contribution in [0.1, 0.15) is 41.4 Å². The molecule has 1 aliphatic carbocycles. The molecule has 1 aromatic heterocycles. The third kappa shape index (κ3) is 3.85. The molecule has 1 unspecified atom stereocenters. The maximum atomic E-state index is 13.7. The maximum Gasteiger partial charge on any atom is 0.257 e. The molecule has 1 N–H and O–H groups in total. The van der Waals surface area contributed by atoms with Crippen LogP contribution in [0.3, 0.4) is 0 Å². The molecule has 146 valence electrons. The topological polar surface area (TPSA) is 79.2 Å². The molecule has 1 saturated heterocycles. The van der Waals surface area contributed by atoms with E-state index in [9.17, 15) is 9.18 Å². The van der Waals surface area contributed by atoms with Crippen molar-refractivity contribution in [2.45, 2.75) is 25.2 Å². The van der Waals surface area contributed by atoms with Gasteiger partial charge in [-0.15, -0.1) is 0 Å². The van der Waals surface area contributed by atoms with E-state index >= 15 is 0 Å². The SMILES string of the molecule is N=C1CN(C(=O)c2ccc(F)cc2OCC2CCC2)CC1c1ncc(Cl)cn1. The van der Waals surface area contributed by atoms with E-state index in [1.165, 1.54) is 37.0 Å². The monoisotopic (exact) mass is 402 g/mol. The lowest BCUT2D eigenvalue weighted by atomic mass is 9.86. The quantitative estimate of drug-likeness (QED) is 0.826. The summed E-state index contributed by atoms with van der Waals surface area (Å²) in [5.74, 6) is 0.0881. The number of likely N-dealkylation sites (tertiary alicyclic amines) is 1. The van der Waals surface area contributed by atoms with E-state index in [1.54, 1.807) is 4.90 Å². The van der Waals surface area contributed by atoms with Crippen LogP contribution in [0.2, 0.25) is 5.02 Å². The summed E-state index contributed by atoms with van der Waals surface area (Å²) in [4.78, 5) is 22.9. The van der Waals surface area contributed by atoms with Gasteiger partial charge in [0.1, 0.15) is 17.4 Å². The van der Waals surface area contributed by atoms with Crippen LogP contribution in [0.15, 0.2) is 30.6 Å². The number of benzene rings is 1. The van der Waals surface area contributed by atoms with Gasteiger partial charge in [0.15, 0.2) is 0 Å². The average Bonchev–Trinajstić information content (AvgIpc) is 3.02. The first kappa shape index (κ1) is 18.8. The third-order valence-corrected chi connectivity index (χ3v) is 5.49. The minimum atomic E-state index is -0.443. The molecular weight excluding hydrogens is 383 g/mol. The van der Waals surface area contributed by atoms with Crippen LogP contribution in [0.25, 0.3) is 0 Å². The number of rotatable bonds is 5. The van der Waals surface area contributed by atoms with Gasteiger partial charge in [0, 0.05) is 30.7 Å². The zero-order valence-electron chi connectivity index (χ0n) is 15.2. The maximum absolute atomic E-state index is 13.7. The number of carbonyl (C=O) groups is 1. The van der Waals surface area contributed by atoms with Crippen molar-refractivity contribution in [2.24, 2.45) is 5.92 Å². The Morgan fingerprint density at radius 2 is 2.07 bits per heavy atom. The number of ether oxygens (including phenoxy) is 1. The van der Waals surface area contributed by atoms with E-state index < -0.39 is 5.82 Å². The lowest BCUT2D eigenvalue weighted by Crippen LogP contribution is -2.30. The molecule has 8 heteroatoms. The summed E-state index contributed by atoms with van der Waals surface area (Å²) in [7, 11) is 0. The predicted molar refractivity (Wildman–Crippen MR) is 103 cm³/mol. The van der Waals surface area contributed by atoms with E-state index in [1.807, 2.05) is 0 Å². The van der Waals surface area contributed by atoms with E-state index in [0.29, 0.717) is 41.2 Å². The van der Waals surface area contributed by atoms with Gasteiger partial charge in [-0.05, 0) is 30.9 Å². The zero-order chi connectivity index (χ0) is 19.7. The third-order valence-electron chi connectivity index (χ3n) is 5.30. The lowest BCUT2D eigenvalue weighted by molar-refractivity contribution is 0.0787. The number of hydrogen-bond acceptors (Lipinski definition) is 5. The van der Waals surface area contributed by atoms with Gasteiger partial charge in [-0.3, -0.25) is 4.79 Å². The molecule has 1 aromatic carbocycles. The molecule has 4 rings (SSSR count). The highest BCUT2D eigenvalue weighted by Gasteiger charge is 2.35. The minimum Gasteiger partial charge on any atom is -0.492 e. The van der Waals surface area contributed by atoms with Crippen molar-refractivity contribution in [2.75, 3.05) is 19.7 Å². The van der Waals surface area contributed by atoms with Crippen molar-refractivity contribution < 1.29 is 13.9 Å². The standard InChI is InChI=1S/C20H20ClFN4O2/c21-13-7-24-19(25-8-13)16-9-26(10-17(16)23)20(27)15-5-4-14(22)6-18(15)28-11-12-2-1-3-12/h4-8,12,16,23H,1-3,9-11H2. The Bertz CT molecular complexity index is 902. The predicted octanol–water partition coefficient (Wildman–Crippen LogP) is 3.71. The van der Waals surface area contributed by atoms with Gasteiger partial charge in [-0.1, -0.05) is 18.0 Å². The number of halogens is 2. The summed E-state index contributed by atoms with van der Waals surface area (Å²) < 4.78 is 19.5. The molecule has 0 bridgehead atoms. The number of nitrogens with one attached hydrogen (secondary N) is 1. The highest BCUT2D eigenvalue weighted by atomic mass is 35.5. The van der Waals surface area contributed by atoms with Gasteiger partial charge in [0.2, 0.25) is 0 Å². The largest absolute Gasteiger partial charge is 0.492 e. The Morgan fingerprint density at radius 1 is 1.32 bits per heavy atom. The molecule has 2 aromatic rings. The molecule has 1 aliphatic heterocycles. The normalized spacial score (nSPS) is 19.6. The fraction of sp³-hybridized carbons (Fsp3) is 0.400.